The monoisotopic (exact) mass is 336 g/mol. The molecule has 0 saturated heterocycles. The van der Waals surface area contributed by atoms with Crippen LogP contribution in [-0.4, -0.2) is 26.4 Å². The molecule has 0 aliphatic heterocycles. The predicted octanol–water partition coefficient (Wildman–Crippen LogP) is 3.68. The largest absolute Gasteiger partial charge is 0.325 e. The van der Waals surface area contributed by atoms with Gasteiger partial charge in [-0.25, -0.2) is 4.39 Å². The van der Waals surface area contributed by atoms with Crippen molar-refractivity contribution >= 4 is 23.4 Å². The quantitative estimate of drug-likeness (QED) is 0.784. The van der Waals surface area contributed by atoms with Crippen LogP contribution in [0.4, 0.5) is 10.1 Å². The van der Waals surface area contributed by atoms with Crippen LogP contribution in [0.2, 0.25) is 0 Å². The van der Waals surface area contributed by atoms with Gasteiger partial charge in [0.2, 0.25) is 5.91 Å². The van der Waals surface area contributed by atoms with Crippen LogP contribution in [-0.2, 0) is 11.3 Å². The van der Waals surface area contributed by atoms with Crippen molar-refractivity contribution in [2.75, 3.05) is 11.1 Å². The molecule has 1 N–H and O–H groups in total. The average molecular weight is 336 g/mol. The number of anilines is 1. The summed E-state index contributed by atoms with van der Waals surface area (Å²) in [5, 5.41) is 11.9. The Bertz CT molecular complexity index is 655. The fourth-order valence-corrected chi connectivity index (χ4v) is 2.90. The fraction of sp³-hybridized carbons (Fsp3) is 0.438. The Hall–Kier alpha value is -1.89. The summed E-state index contributed by atoms with van der Waals surface area (Å²) in [6.07, 6.45) is 0.979. The molecule has 124 valence electrons. The van der Waals surface area contributed by atoms with Crippen LogP contribution in [0.15, 0.2) is 29.4 Å². The number of carbonyl (C=O) groups excluding carboxylic acids is 1. The third kappa shape index (κ3) is 4.79. The fourth-order valence-electron chi connectivity index (χ4n) is 2.13. The van der Waals surface area contributed by atoms with E-state index in [-0.39, 0.29) is 23.4 Å². The van der Waals surface area contributed by atoms with Crippen molar-refractivity contribution in [1.82, 2.24) is 14.8 Å². The molecule has 1 heterocycles. The number of benzene rings is 1. The topological polar surface area (TPSA) is 59.8 Å². The maximum atomic E-state index is 12.8. The molecule has 23 heavy (non-hydrogen) atoms. The first-order valence-electron chi connectivity index (χ1n) is 7.62. The molecular weight excluding hydrogens is 315 g/mol. The highest BCUT2D eigenvalue weighted by molar-refractivity contribution is 7.99. The maximum absolute atomic E-state index is 12.8. The van der Waals surface area contributed by atoms with Crippen LogP contribution in [0.5, 0.6) is 0 Å². The van der Waals surface area contributed by atoms with E-state index in [9.17, 15) is 9.18 Å². The van der Waals surface area contributed by atoms with Gasteiger partial charge < -0.3 is 9.88 Å². The van der Waals surface area contributed by atoms with Gasteiger partial charge in [0.25, 0.3) is 0 Å². The summed E-state index contributed by atoms with van der Waals surface area (Å²) >= 11 is 1.36. The average Bonchev–Trinajstić information content (AvgIpc) is 2.91. The minimum Gasteiger partial charge on any atom is -0.325 e. The smallest absolute Gasteiger partial charge is 0.234 e. The number of thioether (sulfide) groups is 1. The number of carbonyl (C=O) groups is 1. The first kappa shape index (κ1) is 17.5. The highest BCUT2D eigenvalue weighted by Crippen LogP contribution is 2.22. The van der Waals surface area contributed by atoms with E-state index < -0.39 is 0 Å². The maximum Gasteiger partial charge on any atom is 0.234 e. The Kier molecular flexibility index (Phi) is 6.15. The second kappa shape index (κ2) is 8.10. The molecule has 0 aliphatic rings. The van der Waals surface area contributed by atoms with Crippen LogP contribution in [0.3, 0.4) is 0 Å². The number of halogens is 1. The normalized spacial score (nSPS) is 11.0. The van der Waals surface area contributed by atoms with E-state index in [1.165, 1.54) is 36.0 Å². The van der Waals surface area contributed by atoms with Gasteiger partial charge in [0.1, 0.15) is 11.6 Å². The lowest BCUT2D eigenvalue weighted by Crippen LogP contribution is -2.15. The molecule has 5 nitrogen and oxygen atoms in total. The van der Waals surface area contributed by atoms with Crippen molar-refractivity contribution in [2.45, 2.75) is 44.8 Å². The number of nitrogens with one attached hydrogen (secondary N) is 1. The van der Waals surface area contributed by atoms with Crippen LogP contribution < -0.4 is 5.32 Å². The lowest BCUT2D eigenvalue weighted by Gasteiger charge is -2.10. The number of rotatable bonds is 7. The third-order valence-corrected chi connectivity index (χ3v) is 4.14. The molecule has 1 aromatic heterocycles. The molecule has 1 aromatic carbocycles. The van der Waals surface area contributed by atoms with Crippen LogP contribution in [0.1, 0.15) is 38.9 Å². The molecule has 2 aromatic rings. The van der Waals surface area contributed by atoms with Gasteiger partial charge in [-0.2, -0.15) is 0 Å². The van der Waals surface area contributed by atoms with Crippen LogP contribution in [0, 0.1) is 5.82 Å². The molecular formula is C16H21FN4OS. The molecule has 1 amide bonds. The Morgan fingerprint density at radius 3 is 2.61 bits per heavy atom. The summed E-state index contributed by atoms with van der Waals surface area (Å²) in [6, 6.07) is 5.70. The van der Waals surface area contributed by atoms with E-state index in [2.05, 4.69) is 40.9 Å². The van der Waals surface area contributed by atoms with Gasteiger partial charge in [-0.15, -0.1) is 10.2 Å². The summed E-state index contributed by atoms with van der Waals surface area (Å²) in [6.45, 7) is 7.08. The molecule has 7 heteroatoms. The van der Waals surface area contributed by atoms with E-state index in [0.717, 1.165) is 23.9 Å². The van der Waals surface area contributed by atoms with Gasteiger partial charge in [0.05, 0.1) is 5.75 Å². The lowest BCUT2D eigenvalue weighted by atomic mass is 10.2. The highest BCUT2D eigenvalue weighted by atomic mass is 32.2. The molecule has 0 atom stereocenters. The summed E-state index contributed by atoms with van der Waals surface area (Å²) in [4.78, 5) is 12.0. The SMILES string of the molecule is CCCn1c(SCC(=O)Nc2ccc(F)cc2)nnc1C(C)C. The summed E-state index contributed by atoms with van der Waals surface area (Å²) in [7, 11) is 0. The number of nitrogens with zero attached hydrogens (tertiary/aromatic N) is 3. The highest BCUT2D eigenvalue weighted by Gasteiger charge is 2.15. The van der Waals surface area contributed by atoms with Gasteiger partial charge in [0, 0.05) is 18.2 Å². The van der Waals surface area contributed by atoms with Crippen LogP contribution >= 0.6 is 11.8 Å². The zero-order valence-electron chi connectivity index (χ0n) is 13.5. The van der Waals surface area contributed by atoms with E-state index >= 15 is 0 Å². The number of amides is 1. The number of aromatic nitrogens is 3. The predicted molar refractivity (Wildman–Crippen MR) is 90.2 cm³/mol. The molecule has 0 aliphatic carbocycles. The van der Waals surface area contributed by atoms with Crippen molar-refractivity contribution in [3.05, 3.63) is 35.9 Å². The van der Waals surface area contributed by atoms with Gasteiger partial charge >= 0.3 is 0 Å². The summed E-state index contributed by atoms with van der Waals surface area (Å²) in [5.74, 6) is 0.979. The van der Waals surface area contributed by atoms with Crippen molar-refractivity contribution in [2.24, 2.45) is 0 Å². The molecule has 0 unspecified atom stereocenters. The summed E-state index contributed by atoms with van der Waals surface area (Å²) < 4.78 is 14.9. The van der Waals surface area contributed by atoms with E-state index in [1.54, 1.807) is 0 Å². The Labute approximate surface area is 139 Å². The van der Waals surface area contributed by atoms with E-state index in [0.29, 0.717) is 5.69 Å². The molecule has 2 rings (SSSR count). The van der Waals surface area contributed by atoms with Crippen molar-refractivity contribution in [3.8, 4) is 0 Å². The van der Waals surface area contributed by atoms with Gasteiger partial charge in [-0.1, -0.05) is 32.5 Å². The second-order valence-electron chi connectivity index (χ2n) is 5.49. The first-order valence-corrected chi connectivity index (χ1v) is 8.61. The molecule has 0 fully saturated rings. The number of hydrogen-bond acceptors (Lipinski definition) is 4. The van der Waals surface area contributed by atoms with Gasteiger partial charge in [0.15, 0.2) is 5.16 Å². The number of hydrogen-bond donors (Lipinski definition) is 1. The Morgan fingerprint density at radius 1 is 1.30 bits per heavy atom. The molecule has 0 saturated carbocycles. The van der Waals surface area contributed by atoms with Gasteiger partial charge in [-0.05, 0) is 30.7 Å². The molecule has 0 spiro atoms. The second-order valence-corrected chi connectivity index (χ2v) is 6.43. The van der Waals surface area contributed by atoms with E-state index in [4.69, 9.17) is 0 Å². The molecule has 0 bridgehead atoms. The van der Waals surface area contributed by atoms with Crippen molar-refractivity contribution in [3.63, 3.8) is 0 Å². The zero-order chi connectivity index (χ0) is 16.8. The Balaban J connectivity index is 1.97. The van der Waals surface area contributed by atoms with Crippen molar-refractivity contribution < 1.29 is 9.18 Å². The van der Waals surface area contributed by atoms with E-state index in [1.807, 2.05) is 0 Å². The zero-order valence-corrected chi connectivity index (χ0v) is 14.4. The minimum atomic E-state index is -0.328. The first-order chi connectivity index (χ1) is 11.0. The standard InChI is InChI=1S/C16H21FN4OS/c1-4-9-21-15(11(2)3)19-20-16(21)23-10-14(22)18-13-7-5-12(17)6-8-13/h5-8,11H,4,9-10H2,1-3H3,(H,18,22). The minimum absolute atomic E-state index is 0.154. The van der Waals surface area contributed by atoms with Crippen molar-refractivity contribution in [1.29, 1.82) is 0 Å². The molecule has 0 radical (unpaired) electrons. The van der Waals surface area contributed by atoms with Gasteiger partial charge in [-0.3, -0.25) is 4.79 Å². The third-order valence-electron chi connectivity index (χ3n) is 3.17. The summed E-state index contributed by atoms with van der Waals surface area (Å²) in [5.41, 5.74) is 0.579. The lowest BCUT2D eigenvalue weighted by molar-refractivity contribution is -0.113. The van der Waals surface area contributed by atoms with Crippen LogP contribution in [0.25, 0.3) is 0 Å². The Morgan fingerprint density at radius 2 is 2.00 bits per heavy atom.